The molecule has 1 saturated carbocycles. The molecule has 1 aromatic carbocycles. The quantitative estimate of drug-likeness (QED) is 0.332. The molecule has 6 nitrogen and oxygen atoms in total. The van der Waals surface area contributed by atoms with Crippen molar-refractivity contribution in [1.82, 2.24) is 5.53 Å². The zero-order valence-electron chi connectivity index (χ0n) is 11.8. The largest absolute Gasteiger partial charge is 0.489 e. The number of ether oxygens (including phenoxy) is 1. The summed E-state index contributed by atoms with van der Waals surface area (Å²) in [5.41, 5.74) is 9.37. The van der Waals surface area contributed by atoms with E-state index < -0.39 is 5.82 Å². The maximum Gasteiger partial charge on any atom is 0.154 e. The number of hydrazone groups is 1. The molecule has 1 aliphatic heterocycles. The van der Waals surface area contributed by atoms with E-state index in [0.717, 1.165) is 18.8 Å². The Morgan fingerprint density at radius 2 is 2.29 bits per heavy atom. The van der Waals surface area contributed by atoms with E-state index in [4.69, 9.17) is 16.3 Å². The van der Waals surface area contributed by atoms with E-state index in [1.165, 1.54) is 31.4 Å². The normalized spacial score (nSPS) is 18.8. The van der Waals surface area contributed by atoms with Crippen LogP contribution in [0.2, 0.25) is 0 Å². The zero-order valence-corrected chi connectivity index (χ0v) is 11.8. The highest BCUT2D eigenvalue weighted by Crippen LogP contribution is 2.38. The second kappa shape index (κ2) is 5.77. The highest BCUT2D eigenvalue weighted by atomic mass is 19.1. The minimum Gasteiger partial charge on any atom is -0.489 e. The number of hydrogen-bond acceptors (Lipinski definition) is 5. The summed E-state index contributed by atoms with van der Waals surface area (Å²) in [5.74, 6) is 6.14. The third-order valence-electron chi connectivity index (χ3n) is 4.14. The third-order valence-corrected chi connectivity index (χ3v) is 4.14. The first-order valence-corrected chi connectivity index (χ1v) is 7.19. The lowest BCUT2D eigenvalue weighted by Crippen LogP contribution is -2.40. The molecule has 0 bridgehead atoms. The summed E-state index contributed by atoms with van der Waals surface area (Å²) in [6.07, 6.45) is 3.78. The van der Waals surface area contributed by atoms with Gasteiger partial charge in [-0.15, -0.1) is 5.10 Å². The number of fused-ring (bicyclic) bond motifs is 1. The molecule has 3 rings (SSSR count). The van der Waals surface area contributed by atoms with Crippen LogP contribution in [0.4, 0.5) is 10.1 Å². The summed E-state index contributed by atoms with van der Waals surface area (Å²) in [5, 5.41) is 3.77. The Morgan fingerprint density at radius 3 is 2.95 bits per heavy atom. The Hall–Kier alpha value is -2.02. The first-order valence-electron chi connectivity index (χ1n) is 7.19. The molecule has 1 fully saturated rings. The molecule has 0 aromatic heterocycles. The van der Waals surface area contributed by atoms with Crippen molar-refractivity contribution in [2.24, 2.45) is 22.6 Å². The van der Waals surface area contributed by atoms with Crippen LogP contribution >= 0.6 is 0 Å². The fourth-order valence-corrected chi connectivity index (χ4v) is 2.88. The Morgan fingerprint density at radius 1 is 1.48 bits per heavy atom. The first kappa shape index (κ1) is 13.9. The smallest absolute Gasteiger partial charge is 0.154 e. The van der Waals surface area contributed by atoms with Crippen molar-refractivity contribution in [2.45, 2.75) is 19.3 Å². The van der Waals surface area contributed by atoms with Gasteiger partial charge in [0.2, 0.25) is 0 Å². The fourth-order valence-electron chi connectivity index (χ4n) is 2.88. The molecule has 21 heavy (non-hydrogen) atoms. The fraction of sp³-hybridized carbons (Fsp3) is 0.500. The van der Waals surface area contributed by atoms with Crippen molar-refractivity contribution in [3.05, 3.63) is 23.5 Å². The molecule has 0 saturated heterocycles. The molecule has 0 amide bonds. The molecular formula is C14H20FN5O. The van der Waals surface area contributed by atoms with Gasteiger partial charge in [0.05, 0.1) is 12.2 Å². The van der Waals surface area contributed by atoms with Gasteiger partial charge in [-0.1, -0.05) is 6.42 Å². The average Bonchev–Trinajstić information content (AvgIpc) is 2.42. The molecule has 7 heteroatoms. The molecule has 1 heterocycles. The maximum atomic E-state index is 13.8. The molecule has 2 aliphatic rings. The van der Waals surface area contributed by atoms with Crippen LogP contribution in [0.1, 0.15) is 24.8 Å². The topological polar surface area (TPSA) is 88.9 Å². The van der Waals surface area contributed by atoms with Crippen molar-refractivity contribution in [3.63, 3.8) is 0 Å². The van der Waals surface area contributed by atoms with E-state index in [1.54, 1.807) is 0 Å². The van der Waals surface area contributed by atoms with E-state index in [-0.39, 0.29) is 5.84 Å². The number of benzene rings is 1. The number of nitrogens with two attached hydrogens (primary N) is 2. The molecular weight excluding hydrogens is 273 g/mol. The van der Waals surface area contributed by atoms with Crippen LogP contribution in [0, 0.1) is 11.7 Å². The van der Waals surface area contributed by atoms with Crippen LogP contribution in [0.5, 0.6) is 5.75 Å². The van der Waals surface area contributed by atoms with Crippen LogP contribution in [0.25, 0.3) is 0 Å². The Bertz CT molecular complexity index is 559. The standard InChI is InChI=1S/C14H20FN5O/c15-10-6-11(14(16)18-19-17)13-12(7-10)21-5-4-20(13)8-9-2-1-3-9/h6-7,9,19H,1-5,8,17H2,(H2,16,18). The first-order chi connectivity index (χ1) is 10.2. The lowest BCUT2D eigenvalue weighted by Gasteiger charge is -2.38. The van der Waals surface area contributed by atoms with Gasteiger partial charge in [0.1, 0.15) is 18.2 Å². The van der Waals surface area contributed by atoms with Crippen LogP contribution < -0.4 is 26.7 Å². The lowest BCUT2D eigenvalue weighted by molar-refractivity contribution is 0.277. The number of nitrogens with zero attached hydrogens (tertiary/aromatic N) is 2. The summed E-state index contributed by atoms with van der Waals surface area (Å²) in [6, 6.07) is 2.77. The third kappa shape index (κ3) is 2.73. The van der Waals surface area contributed by atoms with E-state index >= 15 is 0 Å². The van der Waals surface area contributed by atoms with Gasteiger partial charge in [-0.05, 0) is 24.8 Å². The van der Waals surface area contributed by atoms with Crippen molar-refractivity contribution in [1.29, 1.82) is 0 Å². The molecule has 0 spiro atoms. The van der Waals surface area contributed by atoms with E-state index in [2.05, 4.69) is 15.5 Å². The summed E-state index contributed by atoms with van der Waals surface area (Å²) in [7, 11) is 0. The Kier molecular flexibility index (Phi) is 3.83. The van der Waals surface area contributed by atoms with E-state index in [9.17, 15) is 4.39 Å². The van der Waals surface area contributed by atoms with Gasteiger partial charge >= 0.3 is 0 Å². The van der Waals surface area contributed by atoms with Gasteiger partial charge in [0.25, 0.3) is 0 Å². The number of amidine groups is 1. The van der Waals surface area contributed by atoms with Crippen molar-refractivity contribution >= 4 is 11.5 Å². The van der Waals surface area contributed by atoms with Gasteiger partial charge in [-0.3, -0.25) is 0 Å². The number of hydrazine groups is 1. The predicted molar refractivity (Wildman–Crippen MR) is 79.5 cm³/mol. The maximum absolute atomic E-state index is 13.8. The van der Waals surface area contributed by atoms with Gasteiger partial charge < -0.3 is 15.4 Å². The summed E-state index contributed by atoms with van der Waals surface area (Å²) < 4.78 is 19.4. The van der Waals surface area contributed by atoms with Gasteiger partial charge in [0, 0.05) is 18.2 Å². The monoisotopic (exact) mass is 293 g/mol. The van der Waals surface area contributed by atoms with Crippen LogP contribution in [-0.2, 0) is 0 Å². The predicted octanol–water partition coefficient (Wildman–Crippen LogP) is 0.908. The van der Waals surface area contributed by atoms with Crippen LogP contribution in [0.15, 0.2) is 17.2 Å². The molecule has 0 radical (unpaired) electrons. The number of halogens is 1. The zero-order chi connectivity index (χ0) is 14.8. The number of hydrogen-bond donors (Lipinski definition) is 3. The summed E-state index contributed by atoms with van der Waals surface area (Å²) in [4.78, 5) is 2.22. The lowest BCUT2D eigenvalue weighted by atomic mass is 9.85. The van der Waals surface area contributed by atoms with Crippen molar-refractivity contribution in [2.75, 3.05) is 24.6 Å². The summed E-state index contributed by atoms with van der Waals surface area (Å²) in [6.45, 7) is 2.26. The number of anilines is 1. The van der Waals surface area contributed by atoms with Crippen molar-refractivity contribution in [3.8, 4) is 5.75 Å². The highest BCUT2D eigenvalue weighted by Gasteiger charge is 2.28. The SMILES string of the molecule is NN/N=C(\N)c1cc(F)cc2c1N(CC1CCC1)CCO2. The van der Waals surface area contributed by atoms with E-state index in [0.29, 0.717) is 23.8 Å². The van der Waals surface area contributed by atoms with Gasteiger partial charge in [-0.2, -0.15) is 0 Å². The minimum atomic E-state index is -0.399. The molecule has 0 unspecified atom stereocenters. The second-order valence-corrected chi connectivity index (χ2v) is 5.52. The van der Waals surface area contributed by atoms with E-state index in [1.807, 2.05) is 0 Å². The highest BCUT2D eigenvalue weighted by molar-refractivity contribution is 6.03. The van der Waals surface area contributed by atoms with Crippen molar-refractivity contribution < 1.29 is 9.13 Å². The Labute approximate surface area is 122 Å². The molecule has 114 valence electrons. The van der Waals surface area contributed by atoms with Crippen LogP contribution in [-0.4, -0.2) is 25.5 Å². The molecule has 0 atom stereocenters. The number of nitrogens with one attached hydrogen (secondary N) is 1. The second-order valence-electron chi connectivity index (χ2n) is 5.52. The Balaban J connectivity index is 1.99. The minimum absolute atomic E-state index is 0.150. The molecule has 5 N–H and O–H groups in total. The van der Waals surface area contributed by atoms with Gasteiger partial charge in [0.15, 0.2) is 5.84 Å². The average molecular weight is 293 g/mol. The van der Waals surface area contributed by atoms with Gasteiger partial charge in [-0.25, -0.2) is 15.8 Å². The molecule has 1 aromatic rings. The molecule has 1 aliphatic carbocycles. The van der Waals surface area contributed by atoms with Crippen LogP contribution in [0.3, 0.4) is 0 Å². The number of rotatable bonds is 4. The summed E-state index contributed by atoms with van der Waals surface area (Å²) >= 11 is 0.